The second-order valence-corrected chi connectivity index (χ2v) is 8.40. The van der Waals surface area contributed by atoms with E-state index in [1.165, 1.54) is 0 Å². The highest BCUT2D eigenvalue weighted by molar-refractivity contribution is 7.98. The highest BCUT2D eigenvalue weighted by Gasteiger charge is 2.17. The lowest BCUT2D eigenvalue weighted by Gasteiger charge is -2.33. The normalized spacial score (nSPS) is 14.6. The molecule has 0 spiro atoms. The number of likely N-dealkylation sites (N-methyl/N-ethyl adjacent to an activating group) is 1. The van der Waals surface area contributed by atoms with Crippen LogP contribution >= 0.6 is 11.8 Å². The van der Waals surface area contributed by atoms with E-state index in [4.69, 9.17) is 14.5 Å². The molecule has 1 N–H and O–H groups in total. The smallest absolute Gasteiger partial charge is 0.251 e. The molecular weight excluding hydrogens is 414 g/mol. The number of carbonyl (C=O) groups is 1. The van der Waals surface area contributed by atoms with Gasteiger partial charge in [0.1, 0.15) is 5.82 Å². The van der Waals surface area contributed by atoms with Crippen LogP contribution in [0.3, 0.4) is 0 Å². The second kappa shape index (κ2) is 12.0. The molecule has 8 nitrogen and oxygen atoms in total. The average Bonchev–Trinajstić information content (AvgIpc) is 2.79. The van der Waals surface area contributed by atoms with E-state index in [1.54, 1.807) is 26.0 Å². The van der Waals surface area contributed by atoms with Crippen LogP contribution in [-0.4, -0.2) is 81.4 Å². The Hall–Kier alpha value is -2.20. The summed E-state index contributed by atoms with van der Waals surface area (Å²) in [5.41, 5.74) is 2.64. The lowest BCUT2D eigenvalue weighted by Crippen LogP contribution is -2.44. The molecular formula is C22H31N5O3S. The number of amides is 1. The summed E-state index contributed by atoms with van der Waals surface area (Å²) < 4.78 is 10.3. The molecule has 0 aliphatic carbocycles. The van der Waals surface area contributed by atoms with Crippen LogP contribution in [0, 0.1) is 0 Å². The van der Waals surface area contributed by atoms with E-state index in [9.17, 15) is 4.79 Å². The molecule has 0 radical (unpaired) electrons. The summed E-state index contributed by atoms with van der Waals surface area (Å²) in [6.45, 7) is 5.42. The highest BCUT2D eigenvalue weighted by atomic mass is 32.2. The largest absolute Gasteiger partial charge is 0.383 e. The highest BCUT2D eigenvalue weighted by Crippen LogP contribution is 2.24. The standard InChI is InChI=1S/C22H31N5O3S/c1-26-9-11-27(12-10-26)20-14-19(15-30-3)24-22(25-20)31-16-17-4-6-18(7-5-17)21(28)23-8-13-29-2/h4-7,14H,8-13,15-16H2,1-3H3,(H,23,28). The summed E-state index contributed by atoms with van der Waals surface area (Å²) in [7, 11) is 5.43. The van der Waals surface area contributed by atoms with Crippen LogP contribution in [0.15, 0.2) is 35.5 Å². The molecule has 2 aromatic rings. The number of ether oxygens (including phenoxy) is 2. The molecule has 1 aliphatic rings. The van der Waals surface area contributed by atoms with Crippen LogP contribution in [0.1, 0.15) is 21.6 Å². The van der Waals surface area contributed by atoms with Crippen LogP contribution in [0.4, 0.5) is 5.82 Å². The fourth-order valence-electron chi connectivity index (χ4n) is 3.21. The van der Waals surface area contributed by atoms with Gasteiger partial charge in [-0.2, -0.15) is 0 Å². The van der Waals surface area contributed by atoms with Gasteiger partial charge in [-0.3, -0.25) is 4.79 Å². The number of carbonyl (C=O) groups excluding carboxylic acids is 1. The van der Waals surface area contributed by atoms with Crippen molar-refractivity contribution in [1.82, 2.24) is 20.2 Å². The molecule has 0 unspecified atom stereocenters. The molecule has 1 fully saturated rings. The van der Waals surface area contributed by atoms with Crippen molar-refractivity contribution in [2.75, 3.05) is 65.5 Å². The number of rotatable bonds is 10. The Bertz CT molecular complexity index is 842. The molecule has 1 saturated heterocycles. The number of anilines is 1. The van der Waals surface area contributed by atoms with E-state index in [0.29, 0.717) is 25.3 Å². The molecule has 2 heterocycles. The number of hydrogen-bond donors (Lipinski definition) is 1. The van der Waals surface area contributed by atoms with Crippen molar-refractivity contribution in [2.45, 2.75) is 17.5 Å². The Morgan fingerprint density at radius 2 is 1.84 bits per heavy atom. The Balaban J connectivity index is 1.63. The summed E-state index contributed by atoms with van der Waals surface area (Å²) in [6, 6.07) is 9.65. The van der Waals surface area contributed by atoms with Crippen LogP contribution in [0.2, 0.25) is 0 Å². The third-order valence-corrected chi connectivity index (χ3v) is 5.96. The summed E-state index contributed by atoms with van der Waals surface area (Å²) >= 11 is 1.59. The molecule has 0 bridgehead atoms. The number of piperazine rings is 1. The van der Waals surface area contributed by atoms with Gasteiger partial charge in [-0.1, -0.05) is 23.9 Å². The fraction of sp³-hybridized carbons (Fsp3) is 0.500. The Labute approximate surface area is 188 Å². The maximum absolute atomic E-state index is 12.1. The zero-order valence-corrected chi connectivity index (χ0v) is 19.3. The number of benzene rings is 1. The van der Waals surface area contributed by atoms with Gasteiger partial charge in [-0.25, -0.2) is 9.97 Å². The molecule has 1 aromatic heterocycles. The number of hydrogen-bond acceptors (Lipinski definition) is 8. The minimum Gasteiger partial charge on any atom is -0.383 e. The van der Waals surface area contributed by atoms with Crippen molar-refractivity contribution in [2.24, 2.45) is 0 Å². The van der Waals surface area contributed by atoms with Gasteiger partial charge < -0.3 is 24.6 Å². The van der Waals surface area contributed by atoms with Crippen LogP contribution in [0.25, 0.3) is 0 Å². The summed E-state index contributed by atoms with van der Waals surface area (Å²) in [4.78, 5) is 26.2. The SMILES string of the molecule is COCCNC(=O)c1ccc(CSc2nc(COC)cc(N3CCN(C)CC3)n2)cc1. The van der Waals surface area contributed by atoms with Crippen molar-refractivity contribution in [3.05, 3.63) is 47.2 Å². The number of thioether (sulfide) groups is 1. The van der Waals surface area contributed by atoms with E-state index < -0.39 is 0 Å². The average molecular weight is 446 g/mol. The van der Waals surface area contributed by atoms with Gasteiger partial charge >= 0.3 is 0 Å². The molecule has 0 atom stereocenters. The fourth-order valence-corrected chi connectivity index (χ4v) is 4.04. The molecule has 0 saturated carbocycles. The monoisotopic (exact) mass is 445 g/mol. The van der Waals surface area contributed by atoms with E-state index in [2.05, 4.69) is 27.1 Å². The Morgan fingerprint density at radius 3 is 2.52 bits per heavy atom. The molecule has 31 heavy (non-hydrogen) atoms. The van der Waals surface area contributed by atoms with Crippen molar-refractivity contribution in [1.29, 1.82) is 0 Å². The summed E-state index contributed by atoms with van der Waals surface area (Å²) in [5, 5.41) is 3.57. The van der Waals surface area contributed by atoms with Crippen molar-refractivity contribution < 1.29 is 14.3 Å². The van der Waals surface area contributed by atoms with Gasteiger partial charge in [0.15, 0.2) is 5.16 Å². The van der Waals surface area contributed by atoms with Gasteiger partial charge in [0.05, 0.1) is 18.9 Å². The summed E-state index contributed by atoms with van der Waals surface area (Å²) in [6.07, 6.45) is 0. The molecule has 1 amide bonds. The van der Waals surface area contributed by atoms with Gasteiger partial charge in [0.2, 0.25) is 0 Å². The number of nitrogens with zero attached hydrogens (tertiary/aromatic N) is 4. The minimum absolute atomic E-state index is 0.0938. The quantitative estimate of drug-likeness (QED) is 0.338. The van der Waals surface area contributed by atoms with Crippen molar-refractivity contribution >= 4 is 23.5 Å². The third kappa shape index (κ3) is 7.17. The first kappa shape index (κ1) is 23.5. The Kier molecular flexibility index (Phi) is 9.08. The number of aromatic nitrogens is 2. The van der Waals surface area contributed by atoms with Gasteiger partial charge in [-0.15, -0.1) is 0 Å². The van der Waals surface area contributed by atoms with Crippen LogP contribution in [-0.2, 0) is 21.8 Å². The topological polar surface area (TPSA) is 79.8 Å². The Morgan fingerprint density at radius 1 is 1.10 bits per heavy atom. The zero-order chi connectivity index (χ0) is 22.1. The van der Waals surface area contributed by atoms with E-state index in [-0.39, 0.29) is 5.91 Å². The molecule has 168 valence electrons. The predicted octanol–water partition coefficient (Wildman–Crippen LogP) is 2.04. The summed E-state index contributed by atoms with van der Waals surface area (Å²) in [5.74, 6) is 1.59. The molecule has 1 aliphatic heterocycles. The van der Waals surface area contributed by atoms with Gasteiger partial charge in [0.25, 0.3) is 5.91 Å². The predicted molar refractivity (Wildman–Crippen MR) is 123 cm³/mol. The number of nitrogens with one attached hydrogen (secondary N) is 1. The third-order valence-electron chi connectivity index (χ3n) is 5.04. The van der Waals surface area contributed by atoms with Gasteiger partial charge in [0, 0.05) is 64.3 Å². The maximum Gasteiger partial charge on any atom is 0.251 e. The van der Waals surface area contributed by atoms with Crippen molar-refractivity contribution in [3.8, 4) is 0 Å². The van der Waals surface area contributed by atoms with Crippen LogP contribution in [0.5, 0.6) is 0 Å². The van der Waals surface area contributed by atoms with E-state index >= 15 is 0 Å². The molecule has 9 heteroatoms. The molecule has 1 aromatic carbocycles. The van der Waals surface area contributed by atoms with Crippen molar-refractivity contribution in [3.63, 3.8) is 0 Å². The second-order valence-electron chi connectivity index (χ2n) is 7.46. The van der Waals surface area contributed by atoms with E-state index in [0.717, 1.165) is 54.2 Å². The van der Waals surface area contributed by atoms with Gasteiger partial charge in [-0.05, 0) is 24.7 Å². The van der Waals surface area contributed by atoms with E-state index in [1.807, 2.05) is 30.3 Å². The first-order valence-electron chi connectivity index (χ1n) is 10.4. The van der Waals surface area contributed by atoms with Crippen LogP contribution < -0.4 is 10.2 Å². The lowest BCUT2D eigenvalue weighted by molar-refractivity contribution is 0.0937. The minimum atomic E-state index is -0.0938. The zero-order valence-electron chi connectivity index (χ0n) is 18.5. The first-order chi connectivity index (χ1) is 15.1. The molecule has 3 rings (SSSR count). The maximum atomic E-state index is 12.1. The lowest BCUT2D eigenvalue weighted by atomic mass is 10.1. The first-order valence-corrected chi connectivity index (χ1v) is 11.4. The number of methoxy groups -OCH3 is 2.